The SMILES string of the molecule is CN1CCc2cc(S(=O)(=O)N3CCC(c4ccccc4)CC3)cc(Br)c21. The Hall–Kier alpha value is -1.37. The Morgan fingerprint density at radius 3 is 2.42 bits per heavy atom. The zero-order valence-corrected chi connectivity index (χ0v) is 17.3. The quantitative estimate of drug-likeness (QED) is 0.732. The molecule has 0 bridgehead atoms. The summed E-state index contributed by atoms with van der Waals surface area (Å²) in [4.78, 5) is 2.58. The number of likely N-dealkylation sites (N-methyl/N-ethyl adjacent to an activating group) is 1. The molecule has 0 atom stereocenters. The van der Waals surface area contributed by atoms with Crippen LogP contribution < -0.4 is 4.90 Å². The van der Waals surface area contributed by atoms with Crippen LogP contribution in [0.25, 0.3) is 0 Å². The van der Waals surface area contributed by atoms with Crippen LogP contribution in [0.2, 0.25) is 0 Å². The van der Waals surface area contributed by atoms with Crippen LogP contribution in [0.5, 0.6) is 0 Å². The summed E-state index contributed by atoms with van der Waals surface area (Å²) in [6.45, 7) is 2.09. The summed E-state index contributed by atoms with van der Waals surface area (Å²) < 4.78 is 28.8. The van der Waals surface area contributed by atoms with Gasteiger partial charge in [0.15, 0.2) is 0 Å². The standard InChI is InChI=1S/C20H23BrN2O2S/c1-22-10-7-17-13-18(14-19(21)20(17)22)26(24,25)23-11-8-16(9-12-23)15-5-3-2-4-6-15/h2-6,13-14,16H,7-12H2,1H3. The fraction of sp³-hybridized carbons (Fsp3) is 0.400. The highest BCUT2D eigenvalue weighted by Gasteiger charge is 2.31. The molecule has 1 fully saturated rings. The van der Waals surface area contributed by atoms with Crippen LogP contribution in [0.4, 0.5) is 5.69 Å². The third-order valence-corrected chi connectivity index (χ3v) is 8.06. The molecule has 4 rings (SSSR count). The summed E-state index contributed by atoms with van der Waals surface area (Å²) in [6.07, 6.45) is 2.64. The summed E-state index contributed by atoms with van der Waals surface area (Å²) in [6, 6.07) is 14.0. The Morgan fingerprint density at radius 1 is 1.04 bits per heavy atom. The van der Waals surface area contributed by atoms with E-state index in [0.29, 0.717) is 23.9 Å². The second kappa shape index (κ2) is 6.98. The van der Waals surface area contributed by atoms with Crippen molar-refractivity contribution in [2.24, 2.45) is 0 Å². The van der Waals surface area contributed by atoms with Crippen LogP contribution in [0.1, 0.15) is 29.9 Å². The molecule has 26 heavy (non-hydrogen) atoms. The van der Waals surface area contributed by atoms with Crippen molar-refractivity contribution in [3.05, 3.63) is 58.1 Å². The topological polar surface area (TPSA) is 40.6 Å². The maximum atomic E-state index is 13.2. The van der Waals surface area contributed by atoms with Crippen LogP contribution in [0, 0.1) is 0 Å². The van der Waals surface area contributed by atoms with Crippen molar-refractivity contribution in [3.8, 4) is 0 Å². The zero-order valence-electron chi connectivity index (χ0n) is 14.9. The number of hydrogen-bond donors (Lipinski definition) is 0. The van der Waals surface area contributed by atoms with Gasteiger partial charge in [0.05, 0.1) is 10.6 Å². The van der Waals surface area contributed by atoms with E-state index in [1.807, 2.05) is 19.2 Å². The number of halogens is 1. The van der Waals surface area contributed by atoms with Gasteiger partial charge in [-0.25, -0.2) is 8.42 Å². The Morgan fingerprint density at radius 2 is 1.73 bits per heavy atom. The van der Waals surface area contributed by atoms with E-state index >= 15 is 0 Å². The average molecular weight is 435 g/mol. The molecule has 0 saturated carbocycles. The van der Waals surface area contributed by atoms with Crippen LogP contribution in [-0.4, -0.2) is 39.4 Å². The van der Waals surface area contributed by atoms with Crippen molar-refractivity contribution >= 4 is 31.6 Å². The van der Waals surface area contributed by atoms with Gasteiger partial charge in [-0.05, 0) is 64.4 Å². The number of benzene rings is 2. The van der Waals surface area contributed by atoms with Gasteiger partial charge in [0.2, 0.25) is 10.0 Å². The monoisotopic (exact) mass is 434 g/mol. The molecule has 0 radical (unpaired) electrons. The molecular weight excluding hydrogens is 412 g/mol. The van der Waals surface area contributed by atoms with Gasteiger partial charge < -0.3 is 4.90 Å². The predicted octanol–water partition coefficient (Wildman–Crippen LogP) is 4.01. The smallest absolute Gasteiger partial charge is 0.243 e. The molecule has 4 nitrogen and oxygen atoms in total. The molecule has 2 aliphatic heterocycles. The molecule has 0 unspecified atom stereocenters. The molecule has 0 aromatic heterocycles. The summed E-state index contributed by atoms with van der Waals surface area (Å²) in [5.41, 5.74) is 3.54. The maximum absolute atomic E-state index is 13.2. The van der Waals surface area contributed by atoms with E-state index in [1.165, 1.54) is 5.56 Å². The first kappa shape index (κ1) is 18.0. The van der Waals surface area contributed by atoms with E-state index in [-0.39, 0.29) is 0 Å². The van der Waals surface area contributed by atoms with E-state index in [1.54, 1.807) is 10.4 Å². The minimum absolute atomic E-state index is 0.414. The van der Waals surface area contributed by atoms with Crippen molar-refractivity contribution in [1.82, 2.24) is 4.31 Å². The molecule has 0 N–H and O–H groups in total. The van der Waals surface area contributed by atoms with Crippen molar-refractivity contribution in [2.45, 2.75) is 30.1 Å². The van der Waals surface area contributed by atoms with E-state index in [2.05, 4.69) is 45.1 Å². The van der Waals surface area contributed by atoms with Gasteiger partial charge in [-0.3, -0.25) is 0 Å². The predicted molar refractivity (Wildman–Crippen MR) is 108 cm³/mol. The van der Waals surface area contributed by atoms with Crippen LogP contribution in [0.15, 0.2) is 51.8 Å². The van der Waals surface area contributed by atoms with E-state index in [0.717, 1.165) is 41.5 Å². The summed E-state index contributed by atoms with van der Waals surface area (Å²) in [7, 11) is -1.40. The van der Waals surface area contributed by atoms with E-state index in [4.69, 9.17) is 0 Å². The van der Waals surface area contributed by atoms with Crippen molar-refractivity contribution in [2.75, 3.05) is 31.6 Å². The van der Waals surface area contributed by atoms with Gasteiger partial charge in [-0.2, -0.15) is 4.31 Å². The van der Waals surface area contributed by atoms with E-state index in [9.17, 15) is 8.42 Å². The summed E-state index contributed by atoms with van der Waals surface area (Å²) in [5.74, 6) is 0.447. The van der Waals surface area contributed by atoms with Crippen LogP contribution in [-0.2, 0) is 16.4 Å². The number of fused-ring (bicyclic) bond motifs is 1. The first-order chi connectivity index (χ1) is 12.5. The number of nitrogens with zero attached hydrogens (tertiary/aromatic N) is 2. The van der Waals surface area contributed by atoms with Crippen molar-refractivity contribution in [3.63, 3.8) is 0 Å². The number of rotatable bonds is 3. The average Bonchev–Trinajstić information content (AvgIpc) is 3.04. The molecule has 2 heterocycles. The molecule has 0 spiro atoms. The Kier molecular flexibility index (Phi) is 4.84. The molecular formula is C20H23BrN2O2S. The van der Waals surface area contributed by atoms with Gasteiger partial charge >= 0.3 is 0 Å². The van der Waals surface area contributed by atoms with Gasteiger partial charge in [-0.1, -0.05) is 30.3 Å². The first-order valence-corrected chi connectivity index (χ1v) is 11.3. The van der Waals surface area contributed by atoms with Gasteiger partial charge in [-0.15, -0.1) is 0 Å². The fourth-order valence-corrected chi connectivity index (χ4v) is 6.60. The fourth-order valence-electron chi connectivity index (χ4n) is 4.10. The largest absolute Gasteiger partial charge is 0.373 e. The van der Waals surface area contributed by atoms with Gasteiger partial charge in [0.1, 0.15) is 0 Å². The lowest BCUT2D eigenvalue weighted by molar-refractivity contribution is 0.319. The molecule has 2 aliphatic rings. The number of piperidine rings is 1. The second-order valence-corrected chi connectivity index (χ2v) is 9.97. The molecule has 0 aliphatic carbocycles. The van der Waals surface area contributed by atoms with Crippen molar-refractivity contribution in [1.29, 1.82) is 0 Å². The Balaban J connectivity index is 1.54. The lowest BCUT2D eigenvalue weighted by Crippen LogP contribution is -2.37. The highest BCUT2D eigenvalue weighted by molar-refractivity contribution is 9.10. The van der Waals surface area contributed by atoms with Gasteiger partial charge in [0, 0.05) is 31.2 Å². The van der Waals surface area contributed by atoms with Crippen LogP contribution in [0.3, 0.4) is 0 Å². The first-order valence-electron chi connectivity index (χ1n) is 9.05. The minimum atomic E-state index is -3.44. The molecule has 0 amide bonds. The Bertz CT molecular complexity index is 907. The van der Waals surface area contributed by atoms with Gasteiger partial charge in [0.25, 0.3) is 0 Å². The molecule has 2 aromatic carbocycles. The van der Waals surface area contributed by atoms with Crippen LogP contribution >= 0.6 is 15.9 Å². The molecule has 2 aromatic rings. The van der Waals surface area contributed by atoms with E-state index < -0.39 is 10.0 Å². The van der Waals surface area contributed by atoms with Crippen molar-refractivity contribution < 1.29 is 8.42 Å². The lowest BCUT2D eigenvalue weighted by atomic mass is 9.90. The summed E-state index contributed by atoms with van der Waals surface area (Å²) >= 11 is 3.57. The number of anilines is 1. The third kappa shape index (κ3) is 3.19. The second-order valence-electron chi connectivity index (χ2n) is 7.17. The summed E-state index contributed by atoms with van der Waals surface area (Å²) in [5, 5.41) is 0. The highest BCUT2D eigenvalue weighted by Crippen LogP contribution is 2.38. The third-order valence-electron chi connectivity index (χ3n) is 5.58. The molecule has 6 heteroatoms. The Labute approximate surface area is 164 Å². The molecule has 1 saturated heterocycles. The highest BCUT2D eigenvalue weighted by atomic mass is 79.9. The zero-order chi connectivity index (χ0) is 18.3. The lowest BCUT2D eigenvalue weighted by Gasteiger charge is -2.31. The minimum Gasteiger partial charge on any atom is -0.373 e. The normalized spacial score (nSPS) is 18.9. The maximum Gasteiger partial charge on any atom is 0.243 e. The number of sulfonamides is 1. The number of hydrogen-bond acceptors (Lipinski definition) is 3. The molecule has 138 valence electrons.